The summed E-state index contributed by atoms with van der Waals surface area (Å²) >= 11 is 0. The molecule has 0 unspecified atom stereocenters. The lowest BCUT2D eigenvalue weighted by Gasteiger charge is -2.36. The van der Waals surface area contributed by atoms with Gasteiger partial charge in [0, 0.05) is 48.6 Å². The van der Waals surface area contributed by atoms with E-state index in [1.54, 1.807) is 12.1 Å². The molecule has 5 aliphatic rings. The molecule has 31 heavy (non-hydrogen) atoms. The van der Waals surface area contributed by atoms with Crippen LogP contribution in [0.1, 0.15) is 36.0 Å². The number of nitrogens with zero attached hydrogens (tertiary/aromatic N) is 3. The number of hydrazone groups is 1. The first-order valence-corrected chi connectivity index (χ1v) is 10.7. The minimum atomic E-state index is -0.775. The summed E-state index contributed by atoms with van der Waals surface area (Å²) in [5, 5.41) is 13.9. The number of nitrogens with one attached hydrogen (secondary N) is 1. The van der Waals surface area contributed by atoms with Gasteiger partial charge in [-0.05, 0) is 54.2 Å². The van der Waals surface area contributed by atoms with E-state index in [1.165, 1.54) is 5.57 Å². The Morgan fingerprint density at radius 3 is 3.00 bits per heavy atom. The van der Waals surface area contributed by atoms with Gasteiger partial charge in [-0.3, -0.25) is 15.1 Å². The van der Waals surface area contributed by atoms with Crippen LogP contribution in [-0.2, 0) is 4.79 Å². The van der Waals surface area contributed by atoms with Crippen molar-refractivity contribution in [2.45, 2.75) is 31.3 Å². The fraction of sp³-hybridized carbons (Fsp3) is 0.333. The van der Waals surface area contributed by atoms with E-state index in [9.17, 15) is 14.3 Å². The average molecular weight is 418 g/mol. The predicted molar refractivity (Wildman–Crippen MR) is 117 cm³/mol. The molecule has 6 rings (SSSR count). The van der Waals surface area contributed by atoms with Gasteiger partial charge in [0.25, 0.3) is 0 Å². The first-order valence-electron chi connectivity index (χ1n) is 10.7. The zero-order valence-electron chi connectivity index (χ0n) is 17.2. The van der Waals surface area contributed by atoms with Crippen LogP contribution in [0.25, 0.3) is 11.6 Å². The standard InChI is InChI=1S/C24H23FN4O2/c1-28-10-19(14-7-16-3-4-17(8-14)29(16)12-22(30)31)24-20(11-28)18-9-15(25)6-13-2-5-21(23(13)18)26-27-24/h2,5-7,9,11,16-17,27H,3-4,8,10,12H2,1H3,(H,30,31)/t16-,17+/m1/s1. The van der Waals surface area contributed by atoms with Gasteiger partial charge in [0.05, 0.1) is 18.0 Å². The van der Waals surface area contributed by atoms with Gasteiger partial charge in [0.15, 0.2) is 0 Å². The zero-order chi connectivity index (χ0) is 21.3. The number of halogens is 1. The van der Waals surface area contributed by atoms with Gasteiger partial charge in [-0.1, -0.05) is 12.2 Å². The quantitative estimate of drug-likeness (QED) is 0.790. The van der Waals surface area contributed by atoms with Crippen molar-refractivity contribution in [3.05, 3.63) is 69.8 Å². The molecule has 2 bridgehead atoms. The lowest BCUT2D eigenvalue weighted by Crippen LogP contribution is -2.42. The Hall–Kier alpha value is -3.19. The fourth-order valence-electron chi connectivity index (χ4n) is 5.68. The van der Waals surface area contributed by atoms with Crippen molar-refractivity contribution >= 4 is 23.3 Å². The Kier molecular flexibility index (Phi) is 3.99. The van der Waals surface area contributed by atoms with Crippen LogP contribution in [-0.4, -0.2) is 58.8 Å². The molecule has 1 aromatic carbocycles. The third-order valence-corrected chi connectivity index (χ3v) is 6.96. The Balaban J connectivity index is 1.47. The highest BCUT2D eigenvalue weighted by molar-refractivity contribution is 6.20. The summed E-state index contributed by atoms with van der Waals surface area (Å²) in [5.41, 5.74) is 11.1. The van der Waals surface area contributed by atoms with Crippen molar-refractivity contribution in [3.63, 3.8) is 0 Å². The molecule has 0 amide bonds. The summed E-state index contributed by atoms with van der Waals surface area (Å²) in [6.07, 6.45) is 11.0. The molecular formula is C24H23FN4O2. The van der Waals surface area contributed by atoms with E-state index < -0.39 is 5.97 Å². The minimum Gasteiger partial charge on any atom is -0.480 e. The Morgan fingerprint density at radius 2 is 2.19 bits per heavy atom. The Bertz CT molecular complexity index is 1180. The molecule has 4 heterocycles. The van der Waals surface area contributed by atoms with Gasteiger partial charge < -0.3 is 10.0 Å². The molecule has 4 aliphatic heterocycles. The van der Waals surface area contributed by atoms with E-state index >= 15 is 0 Å². The Morgan fingerprint density at radius 1 is 1.32 bits per heavy atom. The summed E-state index contributed by atoms with van der Waals surface area (Å²) in [6, 6.07) is 3.56. The van der Waals surface area contributed by atoms with Gasteiger partial charge in [-0.2, -0.15) is 5.10 Å². The number of hydrogen-bond acceptors (Lipinski definition) is 5. The molecule has 2 atom stereocenters. The lowest BCUT2D eigenvalue weighted by atomic mass is 9.86. The summed E-state index contributed by atoms with van der Waals surface area (Å²) in [4.78, 5) is 15.5. The van der Waals surface area contributed by atoms with Crippen molar-refractivity contribution in [1.29, 1.82) is 0 Å². The minimum absolute atomic E-state index is 0.0870. The van der Waals surface area contributed by atoms with Crippen LogP contribution in [0, 0.1) is 5.82 Å². The number of likely N-dealkylation sites (N-methyl/N-ethyl adjacent to an activating group) is 1. The maximum Gasteiger partial charge on any atom is 0.317 e. The van der Waals surface area contributed by atoms with Gasteiger partial charge in [-0.15, -0.1) is 0 Å². The molecule has 2 N–H and O–H groups in total. The number of carboxylic acids is 1. The van der Waals surface area contributed by atoms with Gasteiger partial charge in [0.1, 0.15) is 5.82 Å². The molecule has 0 spiro atoms. The third kappa shape index (κ3) is 2.87. The number of carbonyl (C=O) groups is 1. The third-order valence-electron chi connectivity index (χ3n) is 6.96. The van der Waals surface area contributed by atoms with Gasteiger partial charge >= 0.3 is 5.97 Å². The first-order chi connectivity index (χ1) is 15.0. The normalized spacial score (nSPS) is 26.0. The highest BCUT2D eigenvalue weighted by Gasteiger charge is 2.39. The highest BCUT2D eigenvalue weighted by Crippen LogP contribution is 2.42. The second kappa shape index (κ2) is 6.65. The van der Waals surface area contributed by atoms with E-state index in [-0.39, 0.29) is 24.4 Å². The number of allylic oxidation sites excluding steroid dienone is 2. The SMILES string of the molecule is CN1C=C2C(=C(C3=C[C@H]4CC[C@@H](C3)N4CC(=O)O)C1)NN=C1C=Cc3cc(F)cc2c31. The summed E-state index contributed by atoms with van der Waals surface area (Å²) in [5.74, 6) is -1.03. The number of rotatable bonds is 3. The summed E-state index contributed by atoms with van der Waals surface area (Å²) < 4.78 is 14.4. The van der Waals surface area contributed by atoms with Gasteiger partial charge in [-0.25, -0.2) is 4.39 Å². The molecule has 0 aromatic heterocycles. The number of hydrogen-bond donors (Lipinski definition) is 2. The molecule has 1 fully saturated rings. The second-order valence-corrected chi connectivity index (χ2v) is 8.93. The van der Waals surface area contributed by atoms with E-state index in [4.69, 9.17) is 0 Å². The average Bonchev–Trinajstić information content (AvgIpc) is 3.15. The number of carboxylic acid groups (broad SMARTS) is 1. The van der Waals surface area contributed by atoms with Crippen LogP contribution in [0.4, 0.5) is 4.39 Å². The molecule has 158 valence electrons. The molecule has 1 aromatic rings. The second-order valence-electron chi connectivity index (χ2n) is 8.93. The van der Waals surface area contributed by atoms with Crippen LogP contribution in [0.5, 0.6) is 0 Å². The summed E-state index contributed by atoms with van der Waals surface area (Å²) in [6.45, 7) is 0.817. The van der Waals surface area contributed by atoms with Crippen LogP contribution in [0.2, 0.25) is 0 Å². The highest BCUT2D eigenvalue weighted by atomic mass is 19.1. The van der Waals surface area contributed by atoms with Crippen molar-refractivity contribution in [1.82, 2.24) is 15.2 Å². The zero-order valence-corrected chi connectivity index (χ0v) is 17.2. The maximum atomic E-state index is 14.4. The van der Waals surface area contributed by atoms with E-state index in [2.05, 4.69) is 32.6 Å². The number of fused-ring (bicyclic) bond motifs is 4. The van der Waals surface area contributed by atoms with Crippen molar-refractivity contribution < 1.29 is 14.3 Å². The molecule has 1 aliphatic carbocycles. The molecule has 0 saturated carbocycles. The molecule has 6 nitrogen and oxygen atoms in total. The van der Waals surface area contributed by atoms with Crippen LogP contribution < -0.4 is 5.43 Å². The monoisotopic (exact) mass is 418 g/mol. The smallest absolute Gasteiger partial charge is 0.317 e. The number of benzene rings is 1. The van der Waals surface area contributed by atoms with Crippen molar-refractivity contribution in [2.75, 3.05) is 20.1 Å². The number of aliphatic carboxylic acids is 1. The lowest BCUT2D eigenvalue weighted by molar-refractivity contribution is -0.139. The molecule has 7 heteroatoms. The van der Waals surface area contributed by atoms with E-state index in [0.717, 1.165) is 65.1 Å². The summed E-state index contributed by atoms with van der Waals surface area (Å²) in [7, 11) is 2.03. The maximum absolute atomic E-state index is 14.4. The van der Waals surface area contributed by atoms with Crippen LogP contribution in [0.3, 0.4) is 0 Å². The van der Waals surface area contributed by atoms with Crippen molar-refractivity contribution in [2.24, 2.45) is 5.10 Å². The topological polar surface area (TPSA) is 68.2 Å². The predicted octanol–water partition coefficient (Wildman–Crippen LogP) is 2.95. The first kappa shape index (κ1) is 18.6. The Labute approximate surface area is 179 Å². The van der Waals surface area contributed by atoms with E-state index in [0.29, 0.717) is 0 Å². The van der Waals surface area contributed by atoms with Crippen molar-refractivity contribution in [3.8, 4) is 0 Å². The molecule has 0 radical (unpaired) electrons. The van der Waals surface area contributed by atoms with E-state index in [1.807, 2.05) is 19.2 Å². The fourth-order valence-corrected chi connectivity index (χ4v) is 5.68. The largest absolute Gasteiger partial charge is 0.480 e. The molecular weight excluding hydrogens is 395 g/mol. The van der Waals surface area contributed by atoms with Crippen LogP contribution in [0.15, 0.2) is 52.4 Å². The molecule has 1 saturated heterocycles. The van der Waals surface area contributed by atoms with Crippen LogP contribution >= 0.6 is 0 Å². The van der Waals surface area contributed by atoms with Gasteiger partial charge in [0.2, 0.25) is 0 Å².